The second-order valence-electron chi connectivity index (χ2n) is 6.82. The maximum absolute atomic E-state index is 12.4. The van der Waals surface area contributed by atoms with Crippen molar-refractivity contribution in [3.63, 3.8) is 0 Å². The molecular weight excluding hydrogens is 314 g/mol. The van der Waals surface area contributed by atoms with Gasteiger partial charge in [-0.2, -0.15) is 0 Å². The Morgan fingerprint density at radius 1 is 1.00 bits per heavy atom. The Balaban J connectivity index is 1.32. The highest BCUT2D eigenvalue weighted by Crippen LogP contribution is 2.39. The molecule has 1 amide bonds. The first-order chi connectivity index (χ1) is 12.2. The van der Waals surface area contributed by atoms with E-state index in [0.717, 1.165) is 36.8 Å². The van der Waals surface area contributed by atoms with Gasteiger partial charge in [-0.3, -0.25) is 4.79 Å². The normalized spacial score (nSPS) is 21.5. The number of rotatable bonds is 4. The predicted molar refractivity (Wildman–Crippen MR) is 96.2 cm³/mol. The van der Waals surface area contributed by atoms with Crippen molar-refractivity contribution in [3.05, 3.63) is 60.2 Å². The summed E-state index contributed by atoms with van der Waals surface area (Å²) in [6, 6.07) is 17.8. The molecule has 1 aliphatic heterocycles. The van der Waals surface area contributed by atoms with Crippen molar-refractivity contribution in [1.29, 1.82) is 0 Å². The molecule has 0 radical (unpaired) electrons. The Morgan fingerprint density at radius 2 is 1.68 bits per heavy atom. The number of hydrogen-bond acceptors (Lipinski definition) is 3. The van der Waals surface area contributed by atoms with Gasteiger partial charge in [-0.05, 0) is 36.1 Å². The van der Waals surface area contributed by atoms with Gasteiger partial charge in [0.1, 0.15) is 6.10 Å². The van der Waals surface area contributed by atoms with E-state index >= 15 is 0 Å². The van der Waals surface area contributed by atoms with Crippen LogP contribution in [-0.4, -0.2) is 30.9 Å². The Morgan fingerprint density at radius 3 is 2.40 bits per heavy atom. The van der Waals surface area contributed by atoms with Gasteiger partial charge in [-0.25, -0.2) is 0 Å². The van der Waals surface area contributed by atoms with Crippen LogP contribution in [0, 0.1) is 0 Å². The summed E-state index contributed by atoms with van der Waals surface area (Å²) in [7, 11) is 0. The number of hydrogen-bond donors (Lipinski definition) is 1. The van der Waals surface area contributed by atoms with Crippen LogP contribution in [0.15, 0.2) is 54.6 Å². The average Bonchev–Trinajstić information content (AvgIpc) is 3.30. The number of nitrogens with one attached hydrogen (secondary N) is 1. The summed E-state index contributed by atoms with van der Waals surface area (Å²) in [6.07, 6.45) is 4.21. The first-order valence-electron chi connectivity index (χ1n) is 9.00. The monoisotopic (exact) mass is 337 g/mol. The molecule has 4 nitrogen and oxygen atoms in total. The molecule has 1 spiro atoms. The smallest absolute Gasteiger partial charge is 0.251 e. The maximum Gasteiger partial charge on any atom is 0.251 e. The summed E-state index contributed by atoms with van der Waals surface area (Å²) < 4.78 is 11.9. The summed E-state index contributed by atoms with van der Waals surface area (Å²) in [5.41, 5.74) is 2.91. The highest BCUT2D eigenvalue weighted by Gasteiger charge is 2.43. The summed E-state index contributed by atoms with van der Waals surface area (Å²) in [4.78, 5) is 12.4. The van der Waals surface area contributed by atoms with Gasteiger partial charge in [-0.1, -0.05) is 42.5 Å². The molecule has 1 heterocycles. The predicted octanol–water partition coefficient (Wildman–Crippen LogP) is 3.77. The Labute approximate surface area is 148 Å². The molecule has 2 aromatic rings. The van der Waals surface area contributed by atoms with E-state index in [1.807, 2.05) is 42.5 Å². The molecule has 2 aliphatic rings. The molecule has 1 saturated carbocycles. The lowest BCUT2D eigenvalue weighted by molar-refractivity contribution is -0.161. The van der Waals surface area contributed by atoms with E-state index in [0.29, 0.717) is 18.7 Å². The van der Waals surface area contributed by atoms with Crippen molar-refractivity contribution in [2.75, 3.05) is 13.2 Å². The van der Waals surface area contributed by atoms with Gasteiger partial charge in [0.2, 0.25) is 0 Å². The van der Waals surface area contributed by atoms with Crippen LogP contribution in [0.3, 0.4) is 0 Å². The average molecular weight is 337 g/mol. The zero-order valence-corrected chi connectivity index (χ0v) is 14.2. The lowest BCUT2D eigenvalue weighted by Gasteiger charge is -2.21. The van der Waals surface area contributed by atoms with Gasteiger partial charge in [0.05, 0.1) is 6.61 Å². The largest absolute Gasteiger partial charge is 0.349 e. The molecule has 2 fully saturated rings. The van der Waals surface area contributed by atoms with Crippen molar-refractivity contribution in [2.24, 2.45) is 0 Å². The van der Waals surface area contributed by atoms with Gasteiger partial charge in [0.25, 0.3) is 5.91 Å². The fraction of sp³-hybridized carbons (Fsp3) is 0.381. The van der Waals surface area contributed by atoms with Crippen LogP contribution in [-0.2, 0) is 9.47 Å². The van der Waals surface area contributed by atoms with E-state index in [1.54, 1.807) is 0 Å². The second kappa shape index (κ2) is 6.98. The van der Waals surface area contributed by atoms with E-state index in [1.165, 1.54) is 0 Å². The quantitative estimate of drug-likeness (QED) is 0.924. The van der Waals surface area contributed by atoms with Crippen LogP contribution in [0.4, 0.5) is 0 Å². The SMILES string of the molecule is O=C(NCC1COC2(CCCC2)O1)c1ccc(-c2ccccc2)cc1. The number of ether oxygens (including phenoxy) is 2. The Kier molecular flexibility index (Phi) is 4.55. The highest BCUT2D eigenvalue weighted by atomic mass is 16.7. The summed E-state index contributed by atoms with van der Waals surface area (Å²) in [5, 5.41) is 2.96. The van der Waals surface area contributed by atoms with E-state index < -0.39 is 0 Å². The minimum atomic E-state index is -0.368. The van der Waals surface area contributed by atoms with Gasteiger partial charge in [-0.15, -0.1) is 0 Å². The molecule has 4 heteroatoms. The molecule has 4 rings (SSSR count). The first-order valence-corrected chi connectivity index (χ1v) is 9.00. The summed E-state index contributed by atoms with van der Waals surface area (Å²) in [5.74, 6) is -0.442. The molecule has 0 bridgehead atoms. The molecule has 1 atom stereocenters. The third kappa shape index (κ3) is 3.60. The van der Waals surface area contributed by atoms with E-state index in [9.17, 15) is 4.79 Å². The van der Waals surface area contributed by atoms with E-state index in [2.05, 4.69) is 17.4 Å². The van der Waals surface area contributed by atoms with Crippen molar-refractivity contribution in [2.45, 2.75) is 37.6 Å². The zero-order chi connectivity index (χ0) is 17.1. The van der Waals surface area contributed by atoms with E-state index in [-0.39, 0.29) is 17.8 Å². The number of carbonyl (C=O) groups excluding carboxylic acids is 1. The minimum absolute atomic E-state index is 0.0503. The highest BCUT2D eigenvalue weighted by molar-refractivity contribution is 5.94. The molecule has 1 unspecified atom stereocenters. The minimum Gasteiger partial charge on any atom is -0.349 e. The first kappa shape index (κ1) is 16.3. The molecular formula is C21H23NO3. The molecule has 25 heavy (non-hydrogen) atoms. The fourth-order valence-electron chi connectivity index (χ4n) is 3.65. The van der Waals surface area contributed by atoms with Gasteiger partial charge >= 0.3 is 0 Å². The van der Waals surface area contributed by atoms with Crippen LogP contribution in [0.1, 0.15) is 36.0 Å². The van der Waals surface area contributed by atoms with Crippen LogP contribution >= 0.6 is 0 Å². The molecule has 0 aromatic heterocycles. The van der Waals surface area contributed by atoms with Crippen molar-refractivity contribution < 1.29 is 14.3 Å². The standard InChI is InChI=1S/C21H23NO3/c23-20(22-14-19-15-24-21(25-19)12-4-5-13-21)18-10-8-17(9-11-18)16-6-2-1-3-7-16/h1-3,6-11,19H,4-5,12-15H2,(H,22,23). The lowest BCUT2D eigenvalue weighted by atomic mass is 10.0. The van der Waals surface area contributed by atoms with Crippen LogP contribution in [0.5, 0.6) is 0 Å². The van der Waals surface area contributed by atoms with Gasteiger partial charge < -0.3 is 14.8 Å². The third-order valence-corrected chi connectivity index (χ3v) is 5.02. The molecule has 1 saturated heterocycles. The molecule has 1 aliphatic carbocycles. The molecule has 1 N–H and O–H groups in total. The second-order valence-corrected chi connectivity index (χ2v) is 6.82. The van der Waals surface area contributed by atoms with Crippen LogP contribution < -0.4 is 5.32 Å². The zero-order valence-electron chi connectivity index (χ0n) is 14.2. The maximum atomic E-state index is 12.4. The van der Waals surface area contributed by atoms with Crippen LogP contribution in [0.25, 0.3) is 11.1 Å². The van der Waals surface area contributed by atoms with Gasteiger partial charge in [0.15, 0.2) is 5.79 Å². The Hall–Kier alpha value is -2.17. The summed E-state index contributed by atoms with van der Waals surface area (Å²) in [6.45, 7) is 1.05. The van der Waals surface area contributed by atoms with Crippen molar-refractivity contribution in [1.82, 2.24) is 5.32 Å². The molecule has 2 aromatic carbocycles. The molecule has 130 valence electrons. The number of carbonyl (C=O) groups is 1. The number of amides is 1. The summed E-state index contributed by atoms with van der Waals surface area (Å²) >= 11 is 0. The van der Waals surface area contributed by atoms with Gasteiger partial charge in [0, 0.05) is 24.9 Å². The van der Waals surface area contributed by atoms with E-state index in [4.69, 9.17) is 9.47 Å². The lowest BCUT2D eigenvalue weighted by Crippen LogP contribution is -2.35. The van der Waals surface area contributed by atoms with Crippen LogP contribution in [0.2, 0.25) is 0 Å². The van der Waals surface area contributed by atoms with Crippen molar-refractivity contribution in [3.8, 4) is 11.1 Å². The number of benzene rings is 2. The Bertz CT molecular complexity index is 721. The third-order valence-electron chi connectivity index (χ3n) is 5.02. The van der Waals surface area contributed by atoms with Crippen molar-refractivity contribution >= 4 is 5.91 Å². The topological polar surface area (TPSA) is 47.6 Å². The fourth-order valence-corrected chi connectivity index (χ4v) is 3.65.